The Morgan fingerprint density at radius 3 is 2.44 bits per heavy atom. The van der Waals surface area contributed by atoms with Gasteiger partial charge in [-0.05, 0) is 44.0 Å². The van der Waals surface area contributed by atoms with E-state index in [1.165, 1.54) is 0 Å². The van der Waals surface area contributed by atoms with Crippen LogP contribution in [0.5, 0.6) is 0 Å². The number of furan rings is 1. The van der Waals surface area contributed by atoms with Crippen molar-refractivity contribution in [2.75, 3.05) is 0 Å². The van der Waals surface area contributed by atoms with Crippen LogP contribution in [-0.4, -0.2) is 4.98 Å². The Morgan fingerprint density at radius 1 is 1.00 bits per heavy atom. The predicted octanol–water partition coefficient (Wildman–Crippen LogP) is 5.70. The van der Waals surface area contributed by atoms with Crippen molar-refractivity contribution >= 4 is 22.1 Å². The first-order valence-electron chi connectivity index (χ1n) is 10.7. The Hall–Kier alpha value is -2.68. The fourth-order valence-electron chi connectivity index (χ4n) is 3.55. The van der Waals surface area contributed by atoms with E-state index in [0.29, 0.717) is 11.3 Å². The van der Waals surface area contributed by atoms with Crippen LogP contribution in [0.3, 0.4) is 0 Å². The van der Waals surface area contributed by atoms with Gasteiger partial charge in [-0.2, -0.15) is 0 Å². The molecule has 3 heterocycles. The van der Waals surface area contributed by atoms with E-state index in [-0.39, 0.29) is 5.41 Å². The minimum atomic E-state index is -2.14. The summed E-state index contributed by atoms with van der Waals surface area (Å²) < 4.78 is 31.6. The molecule has 3 heteroatoms. The Morgan fingerprint density at radius 2 is 1.74 bits per heavy atom. The van der Waals surface area contributed by atoms with Gasteiger partial charge in [-0.15, -0.1) is 0 Å². The van der Waals surface area contributed by atoms with Gasteiger partial charge in [0.1, 0.15) is 7.05 Å². The van der Waals surface area contributed by atoms with Gasteiger partial charge in [0, 0.05) is 37.6 Å². The molecular weight excluding hydrogens is 332 g/mol. The fourth-order valence-corrected chi connectivity index (χ4v) is 3.55. The van der Waals surface area contributed by atoms with Crippen molar-refractivity contribution in [1.29, 1.82) is 0 Å². The van der Waals surface area contributed by atoms with Crippen LogP contribution < -0.4 is 4.57 Å². The summed E-state index contributed by atoms with van der Waals surface area (Å²) >= 11 is 0. The van der Waals surface area contributed by atoms with Crippen molar-refractivity contribution in [3.05, 3.63) is 58.9 Å². The van der Waals surface area contributed by atoms with Crippen LogP contribution in [0.1, 0.15) is 47.3 Å². The van der Waals surface area contributed by atoms with Crippen LogP contribution in [-0.2, 0) is 12.5 Å². The molecule has 27 heavy (non-hydrogen) atoms. The molecule has 4 rings (SSSR count). The molecule has 0 aliphatic rings. The highest BCUT2D eigenvalue weighted by molar-refractivity contribution is 6.08. The van der Waals surface area contributed by atoms with Crippen molar-refractivity contribution in [2.24, 2.45) is 7.05 Å². The molecule has 0 saturated heterocycles. The number of hydrogen-bond donors (Lipinski definition) is 0. The first-order valence-corrected chi connectivity index (χ1v) is 9.22. The van der Waals surface area contributed by atoms with Crippen LogP contribution in [0.4, 0.5) is 0 Å². The maximum Gasteiger partial charge on any atom is 0.227 e. The number of hydrogen-bond acceptors (Lipinski definition) is 2. The maximum atomic E-state index is 7.80. The largest absolute Gasteiger partial charge is 0.437 e. The third kappa shape index (κ3) is 2.82. The van der Waals surface area contributed by atoms with Gasteiger partial charge in [0.25, 0.3) is 0 Å². The van der Waals surface area contributed by atoms with Gasteiger partial charge >= 0.3 is 0 Å². The van der Waals surface area contributed by atoms with E-state index in [2.05, 4.69) is 45.0 Å². The van der Waals surface area contributed by atoms with Crippen LogP contribution in [0, 0.1) is 20.7 Å². The number of aryl methyl sites for hydroxylation is 4. The van der Waals surface area contributed by atoms with Gasteiger partial charge in [0.2, 0.25) is 11.4 Å². The minimum Gasteiger partial charge on any atom is -0.437 e. The number of rotatable bonds is 1. The standard InChI is InChI=1S/C24H27N2O/c1-14-8-9-17-18-10-11-20(24(4,5)6)25-23(18)27-22(17)21(14)19-12-15(2)16(3)13-26(19)7/h8-13H,1-7H3/q+1/i3D3. The molecule has 3 aromatic heterocycles. The highest BCUT2D eigenvalue weighted by Crippen LogP contribution is 2.37. The van der Waals surface area contributed by atoms with Crippen molar-refractivity contribution in [1.82, 2.24) is 4.98 Å². The lowest BCUT2D eigenvalue weighted by Gasteiger charge is -2.16. The van der Waals surface area contributed by atoms with E-state index in [4.69, 9.17) is 13.5 Å². The normalized spacial score (nSPS) is 14.4. The molecule has 138 valence electrons. The first-order chi connectivity index (χ1) is 13.9. The molecule has 0 amide bonds. The van der Waals surface area contributed by atoms with Gasteiger partial charge in [-0.1, -0.05) is 32.9 Å². The van der Waals surface area contributed by atoms with Crippen LogP contribution in [0.15, 0.2) is 40.9 Å². The lowest BCUT2D eigenvalue weighted by atomic mass is 9.91. The Bertz CT molecular complexity index is 1290. The van der Waals surface area contributed by atoms with Crippen molar-refractivity contribution < 1.29 is 13.1 Å². The van der Waals surface area contributed by atoms with Crippen molar-refractivity contribution in [3.63, 3.8) is 0 Å². The smallest absolute Gasteiger partial charge is 0.227 e. The summed E-state index contributed by atoms with van der Waals surface area (Å²) in [6.45, 7) is 8.14. The molecule has 0 unspecified atom stereocenters. The lowest BCUT2D eigenvalue weighted by molar-refractivity contribution is -0.660. The zero-order chi connectivity index (χ0) is 22.0. The van der Waals surface area contributed by atoms with Crippen LogP contribution in [0.2, 0.25) is 0 Å². The van der Waals surface area contributed by atoms with Gasteiger partial charge in [0.05, 0.1) is 5.56 Å². The molecule has 0 fully saturated rings. The summed E-state index contributed by atoms with van der Waals surface area (Å²) in [4.78, 5) is 4.79. The van der Waals surface area contributed by atoms with E-state index in [1.807, 2.05) is 31.5 Å². The Labute approximate surface area is 164 Å². The summed E-state index contributed by atoms with van der Waals surface area (Å²) in [5.74, 6) is 0. The zero-order valence-electron chi connectivity index (χ0n) is 19.8. The Balaban J connectivity index is 2.02. The molecule has 0 aliphatic heterocycles. The fraction of sp³-hybridized carbons (Fsp3) is 0.333. The second-order valence-electron chi connectivity index (χ2n) is 8.40. The minimum absolute atomic E-state index is 0.0689. The summed E-state index contributed by atoms with van der Waals surface area (Å²) in [6, 6.07) is 10.2. The van der Waals surface area contributed by atoms with Crippen LogP contribution in [0.25, 0.3) is 33.3 Å². The van der Waals surface area contributed by atoms with Gasteiger partial charge in [-0.25, -0.2) is 9.55 Å². The highest BCUT2D eigenvalue weighted by atomic mass is 16.3. The van der Waals surface area contributed by atoms with E-state index in [9.17, 15) is 0 Å². The highest BCUT2D eigenvalue weighted by Gasteiger charge is 2.23. The number of nitrogens with zero attached hydrogens (tertiary/aromatic N) is 2. The maximum absolute atomic E-state index is 7.80. The molecule has 0 atom stereocenters. The zero-order valence-corrected chi connectivity index (χ0v) is 16.8. The topological polar surface area (TPSA) is 29.9 Å². The SMILES string of the molecule is [2H]C([2H])([2H])c1c[n+](C)c(-c2c(C)ccc3c2oc2nc(C(C)(C)C)ccc23)cc1C. The van der Waals surface area contributed by atoms with Crippen molar-refractivity contribution in [3.8, 4) is 11.3 Å². The average molecular weight is 363 g/mol. The third-order valence-electron chi connectivity index (χ3n) is 5.22. The third-order valence-corrected chi connectivity index (χ3v) is 5.22. The number of fused-ring (bicyclic) bond motifs is 3. The molecule has 0 saturated carbocycles. The molecule has 0 N–H and O–H groups in total. The van der Waals surface area contributed by atoms with Gasteiger partial charge in [-0.3, -0.25) is 0 Å². The average Bonchev–Trinajstić information content (AvgIpc) is 2.99. The van der Waals surface area contributed by atoms with E-state index in [0.717, 1.165) is 44.4 Å². The number of aromatic nitrogens is 2. The molecule has 4 aromatic rings. The molecule has 0 spiro atoms. The molecule has 0 radical (unpaired) electrons. The number of pyridine rings is 2. The second-order valence-corrected chi connectivity index (χ2v) is 8.40. The van der Waals surface area contributed by atoms with Crippen LogP contribution >= 0.6 is 0 Å². The summed E-state index contributed by atoms with van der Waals surface area (Å²) in [5.41, 5.74) is 6.36. The summed E-state index contributed by atoms with van der Waals surface area (Å²) in [5, 5.41) is 1.99. The van der Waals surface area contributed by atoms with Gasteiger partial charge < -0.3 is 4.42 Å². The summed E-state index contributed by atoms with van der Waals surface area (Å²) in [6.07, 6.45) is 1.70. The second kappa shape index (κ2) is 5.91. The van der Waals surface area contributed by atoms with Crippen molar-refractivity contribution in [2.45, 2.75) is 46.9 Å². The van der Waals surface area contributed by atoms with E-state index >= 15 is 0 Å². The van der Waals surface area contributed by atoms with Gasteiger partial charge in [0.15, 0.2) is 11.8 Å². The molecule has 3 nitrogen and oxygen atoms in total. The van der Waals surface area contributed by atoms with E-state index < -0.39 is 6.85 Å². The quantitative estimate of drug-likeness (QED) is 0.407. The monoisotopic (exact) mass is 362 g/mol. The number of benzene rings is 1. The molecule has 1 aromatic carbocycles. The molecule has 0 bridgehead atoms. The summed E-state index contributed by atoms with van der Waals surface area (Å²) in [7, 11) is 1.88. The molecular formula is C24H27N2O+. The lowest BCUT2D eigenvalue weighted by Crippen LogP contribution is -2.31. The first kappa shape index (κ1) is 14.4. The Kier molecular flexibility index (Phi) is 3.15. The molecule has 0 aliphatic carbocycles. The predicted molar refractivity (Wildman–Crippen MR) is 111 cm³/mol. The van der Waals surface area contributed by atoms with E-state index in [1.54, 1.807) is 6.20 Å².